The minimum Gasteiger partial charge on any atom is -0.462 e. The van der Waals surface area contributed by atoms with Crippen molar-refractivity contribution in [2.45, 2.75) is 38.5 Å². The van der Waals surface area contributed by atoms with Gasteiger partial charge in [-0.15, -0.1) is 0 Å². The third-order valence-electron chi connectivity index (χ3n) is 5.33. The van der Waals surface area contributed by atoms with Gasteiger partial charge < -0.3 is 15.0 Å². The number of unbranched alkanes of at least 4 members (excludes halogenated alkanes) is 1. The van der Waals surface area contributed by atoms with Crippen LogP contribution in [0.3, 0.4) is 0 Å². The Labute approximate surface area is 194 Å². The zero-order chi connectivity index (χ0) is 23.3. The van der Waals surface area contributed by atoms with Gasteiger partial charge in [0, 0.05) is 68.0 Å². The molecule has 0 atom stereocenters. The van der Waals surface area contributed by atoms with Crippen molar-refractivity contribution in [1.29, 1.82) is 0 Å². The van der Waals surface area contributed by atoms with E-state index in [2.05, 4.69) is 20.3 Å². The summed E-state index contributed by atoms with van der Waals surface area (Å²) in [6.07, 6.45) is 7.99. The van der Waals surface area contributed by atoms with Crippen molar-refractivity contribution in [3.63, 3.8) is 0 Å². The van der Waals surface area contributed by atoms with Gasteiger partial charge in [-0.25, -0.2) is 23.5 Å². The van der Waals surface area contributed by atoms with Crippen LogP contribution in [0.15, 0.2) is 43.0 Å². The van der Waals surface area contributed by atoms with Crippen molar-refractivity contribution in [3.05, 3.63) is 48.5 Å². The smallest absolute Gasteiger partial charge is 0.339 e. The number of hydrogen-bond donors (Lipinski definition) is 1. The van der Waals surface area contributed by atoms with Gasteiger partial charge >= 0.3 is 5.97 Å². The molecular weight excluding hydrogens is 448 g/mol. The molecule has 0 bridgehead atoms. The zero-order valence-corrected chi connectivity index (χ0v) is 19.1. The molecule has 0 amide bonds. The largest absolute Gasteiger partial charge is 0.462 e. The molecular formula is C23H25F2N5O2S. The summed E-state index contributed by atoms with van der Waals surface area (Å²) in [5.41, 5.74) is 2.01. The molecule has 4 heterocycles. The van der Waals surface area contributed by atoms with Gasteiger partial charge in [-0.2, -0.15) is 0 Å². The lowest BCUT2D eigenvalue weighted by atomic mass is 10.1. The van der Waals surface area contributed by atoms with Gasteiger partial charge in [0.25, 0.3) is 5.92 Å². The summed E-state index contributed by atoms with van der Waals surface area (Å²) in [6.45, 7) is 3.04. The summed E-state index contributed by atoms with van der Waals surface area (Å²) >= 11 is 1.40. The number of ether oxygens (including phenoxy) is 1. The second-order valence-corrected chi connectivity index (χ2v) is 8.88. The topological polar surface area (TPSA) is 80.2 Å². The number of nitrogens with one attached hydrogen (secondary N) is 1. The summed E-state index contributed by atoms with van der Waals surface area (Å²) in [5, 5.41) is 3.79. The van der Waals surface area contributed by atoms with Crippen LogP contribution in [-0.4, -0.2) is 46.5 Å². The van der Waals surface area contributed by atoms with E-state index >= 15 is 0 Å². The summed E-state index contributed by atoms with van der Waals surface area (Å²) in [6, 6.07) is 5.39. The second kappa shape index (κ2) is 10.2. The number of thiazole rings is 1. The van der Waals surface area contributed by atoms with E-state index < -0.39 is 11.9 Å². The molecule has 33 heavy (non-hydrogen) atoms. The average Bonchev–Trinajstić information content (AvgIpc) is 3.28. The molecule has 1 aliphatic heterocycles. The van der Waals surface area contributed by atoms with Crippen LogP contribution in [0.1, 0.15) is 43.0 Å². The van der Waals surface area contributed by atoms with Gasteiger partial charge in [0.2, 0.25) is 0 Å². The predicted octanol–water partition coefficient (Wildman–Crippen LogP) is 5.54. The molecule has 0 spiro atoms. The van der Waals surface area contributed by atoms with Crippen LogP contribution in [0.2, 0.25) is 0 Å². The SMILES string of the molecule is CCCCOC(=O)c1cncc(-c2cnc(Nc3cc(N4CCC(F)(F)CC4)ccn3)s2)c1. The maximum Gasteiger partial charge on any atom is 0.339 e. The highest BCUT2D eigenvalue weighted by molar-refractivity contribution is 7.18. The number of esters is 1. The summed E-state index contributed by atoms with van der Waals surface area (Å²) in [7, 11) is 0. The molecule has 3 aromatic heterocycles. The Balaban J connectivity index is 1.42. The Morgan fingerprint density at radius 3 is 2.82 bits per heavy atom. The van der Waals surface area contributed by atoms with Crippen LogP contribution < -0.4 is 10.2 Å². The highest BCUT2D eigenvalue weighted by Crippen LogP contribution is 2.33. The normalized spacial score (nSPS) is 15.3. The molecule has 0 radical (unpaired) electrons. The molecule has 0 unspecified atom stereocenters. The number of carbonyl (C=O) groups is 1. The molecule has 3 aromatic rings. The Morgan fingerprint density at radius 2 is 2.03 bits per heavy atom. The first-order valence-electron chi connectivity index (χ1n) is 10.9. The molecule has 1 aliphatic rings. The number of hydrogen-bond acceptors (Lipinski definition) is 8. The molecule has 1 saturated heterocycles. The number of halogens is 2. The van der Waals surface area contributed by atoms with Crippen LogP contribution >= 0.6 is 11.3 Å². The van der Waals surface area contributed by atoms with E-state index in [-0.39, 0.29) is 12.8 Å². The third-order valence-corrected chi connectivity index (χ3v) is 6.30. The number of pyridine rings is 2. The third kappa shape index (κ3) is 6.01. The van der Waals surface area contributed by atoms with E-state index in [0.717, 1.165) is 29.0 Å². The molecule has 7 nitrogen and oxygen atoms in total. The number of alkyl halides is 2. The minimum absolute atomic E-state index is 0.146. The van der Waals surface area contributed by atoms with Crippen molar-refractivity contribution >= 4 is 33.9 Å². The fraction of sp³-hybridized carbons (Fsp3) is 0.391. The molecule has 0 aromatic carbocycles. The van der Waals surface area contributed by atoms with E-state index in [0.29, 0.717) is 36.2 Å². The quantitative estimate of drug-likeness (QED) is 0.340. The minimum atomic E-state index is -2.58. The predicted molar refractivity (Wildman–Crippen MR) is 124 cm³/mol. The van der Waals surface area contributed by atoms with Gasteiger partial charge in [0.05, 0.1) is 17.0 Å². The molecule has 0 saturated carbocycles. The van der Waals surface area contributed by atoms with Gasteiger partial charge in [-0.05, 0) is 18.6 Å². The number of rotatable bonds is 8. The molecule has 174 valence electrons. The van der Waals surface area contributed by atoms with Crippen molar-refractivity contribution in [2.75, 3.05) is 29.9 Å². The van der Waals surface area contributed by atoms with Crippen molar-refractivity contribution < 1.29 is 18.3 Å². The number of piperidine rings is 1. The summed E-state index contributed by atoms with van der Waals surface area (Å²) < 4.78 is 32.2. The molecule has 1 N–H and O–H groups in total. The second-order valence-electron chi connectivity index (χ2n) is 7.85. The van der Waals surface area contributed by atoms with Crippen molar-refractivity contribution in [2.24, 2.45) is 0 Å². The first-order chi connectivity index (χ1) is 15.9. The Kier molecular flexibility index (Phi) is 7.12. The highest BCUT2D eigenvalue weighted by atomic mass is 32.1. The maximum absolute atomic E-state index is 13.5. The molecule has 0 aliphatic carbocycles. The Morgan fingerprint density at radius 1 is 1.21 bits per heavy atom. The zero-order valence-electron chi connectivity index (χ0n) is 18.3. The van der Waals surface area contributed by atoms with Gasteiger partial charge in [-0.1, -0.05) is 24.7 Å². The first-order valence-corrected chi connectivity index (χ1v) is 11.7. The van der Waals surface area contributed by atoms with Gasteiger partial charge in [0.1, 0.15) is 5.82 Å². The van der Waals surface area contributed by atoms with E-state index in [9.17, 15) is 13.6 Å². The summed E-state index contributed by atoms with van der Waals surface area (Å²) in [5.74, 6) is -2.39. The van der Waals surface area contributed by atoms with Crippen LogP contribution in [0.5, 0.6) is 0 Å². The van der Waals surface area contributed by atoms with Crippen molar-refractivity contribution in [1.82, 2.24) is 15.0 Å². The lowest BCUT2D eigenvalue weighted by Crippen LogP contribution is -2.39. The average molecular weight is 474 g/mol. The van der Waals surface area contributed by atoms with Crippen molar-refractivity contribution in [3.8, 4) is 10.4 Å². The van der Waals surface area contributed by atoms with Gasteiger partial charge in [-0.3, -0.25) is 4.98 Å². The molecule has 4 rings (SSSR count). The van der Waals surface area contributed by atoms with E-state index in [4.69, 9.17) is 4.74 Å². The Hall–Kier alpha value is -3.14. The first kappa shape index (κ1) is 23.0. The van der Waals surface area contributed by atoms with Crippen LogP contribution in [-0.2, 0) is 4.74 Å². The lowest BCUT2D eigenvalue weighted by molar-refractivity contribution is -0.0220. The maximum atomic E-state index is 13.5. The fourth-order valence-electron chi connectivity index (χ4n) is 3.43. The van der Waals surface area contributed by atoms with Crippen LogP contribution in [0, 0.1) is 0 Å². The summed E-state index contributed by atoms with van der Waals surface area (Å²) in [4.78, 5) is 27.9. The fourth-order valence-corrected chi connectivity index (χ4v) is 4.23. The van der Waals surface area contributed by atoms with Crippen LogP contribution in [0.25, 0.3) is 10.4 Å². The van der Waals surface area contributed by atoms with Gasteiger partial charge in [0.15, 0.2) is 5.13 Å². The molecule has 1 fully saturated rings. The van der Waals surface area contributed by atoms with E-state index in [1.54, 1.807) is 24.7 Å². The number of aromatic nitrogens is 3. The van der Waals surface area contributed by atoms with E-state index in [1.807, 2.05) is 24.0 Å². The number of nitrogens with zero attached hydrogens (tertiary/aromatic N) is 4. The number of carbonyl (C=O) groups excluding carboxylic acids is 1. The Bertz CT molecular complexity index is 1100. The highest BCUT2D eigenvalue weighted by Gasteiger charge is 2.34. The lowest BCUT2D eigenvalue weighted by Gasteiger charge is -2.33. The van der Waals surface area contributed by atoms with Crippen LogP contribution in [0.4, 0.5) is 25.4 Å². The number of anilines is 3. The standard InChI is InChI=1S/C23H25F2N5O2S/c1-2-3-10-32-21(31)17-11-16(13-26-14-17)19-15-28-22(33-19)29-20-12-18(4-7-27-20)30-8-5-23(24,25)6-9-30/h4,7,11-15H,2-3,5-6,8-10H2,1H3,(H,27,28,29). The van der Waals surface area contributed by atoms with E-state index in [1.165, 1.54) is 17.5 Å². The monoisotopic (exact) mass is 473 g/mol. The molecule has 10 heteroatoms.